The Labute approximate surface area is 158 Å². The quantitative estimate of drug-likeness (QED) is 0.754. The fraction of sp³-hybridized carbons (Fsp3) is 0.316. The molecule has 0 saturated carbocycles. The molecule has 0 aliphatic carbocycles. The number of amides is 1. The second-order valence-electron chi connectivity index (χ2n) is 6.15. The van der Waals surface area contributed by atoms with Gasteiger partial charge in [-0.3, -0.25) is 4.79 Å². The summed E-state index contributed by atoms with van der Waals surface area (Å²) < 4.78 is 37.7. The molecule has 27 heavy (non-hydrogen) atoms. The Kier molecular flexibility index (Phi) is 5.98. The van der Waals surface area contributed by atoms with Crippen molar-refractivity contribution in [3.8, 4) is 11.5 Å². The molecule has 0 spiro atoms. The summed E-state index contributed by atoms with van der Waals surface area (Å²) in [5.74, 6) is 1.11. The molecule has 8 heteroatoms. The molecule has 3 rings (SSSR count). The molecular formula is C19H22N2O5S. The molecule has 0 fully saturated rings. The van der Waals surface area contributed by atoms with Crippen molar-refractivity contribution in [3.05, 3.63) is 54.1 Å². The standard InChI is InChI=1S/C19H22N2O5S/c1-14(15-7-8-17-18(13-15)26-12-11-25-17)21-19(22)9-10-20-27(23,24)16-5-3-2-4-6-16/h2-8,13-14,20H,9-12H2,1H3,(H,21,22). The summed E-state index contributed by atoms with van der Waals surface area (Å²) in [6, 6.07) is 13.4. The van der Waals surface area contributed by atoms with Gasteiger partial charge in [0.15, 0.2) is 11.5 Å². The molecule has 1 aliphatic heterocycles. The van der Waals surface area contributed by atoms with E-state index in [1.54, 1.807) is 18.2 Å². The van der Waals surface area contributed by atoms with Crippen LogP contribution in [0.4, 0.5) is 0 Å². The molecule has 1 heterocycles. The Balaban J connectivity index is 1.50. The fourth-order valence-corrected chi connectivity index (χ4v) is 3.76. The van der Waals surface area contributed by atoms with Gasteiger partial charge in [0.25, 0.3) is 0 Å². The zero-order chi connectivity index (χ0) is 19.3. The summed E-state index contributed by atoms with van der Waals surface area (Å²) in [5.41, 5.74) is 0.887. The van der Waals surface area contributed by atoms with Crippen molar-refractivity contribution >= 4 is 15.9 Å². The predicted octanol–water partition coefficient (Wildman–Crippen LogP) is 2.00. The van der Waals surface area contributed by atoms with Gasteiger partial charge in [0.2, 0.25) is 15.9 Å². The van der Waals surface area contributed by atoms with E-state index in [1.807, 2.05) is 25.1 Å². The van der Waals surface area contributed by atoms with Crippen molar-refractivity contribution in [2.24, 2.45) is 0 Å². The van der Waals surface area contributed by atoms with Gasteiger partial charge in [-0.05, 0) is 36.8 Å². The van der Waals surface area contributed by atoms with Crippen molar-refractivity contribution in [1.29, 1.82) is 0 Å². The van der Waals surface area contributed by atoms with Crippen molar-refractivity contribution in [2.45, 2.75) is 24.3 Å². The van der Waals surface area contributed by atoms with Gasteiger partial charge in [0, 0.05) is 13.0 Å². The van der Waals surface area contributed by atoms with E-state index in [0.717, 1.165) is 5.56 Å². The molecule has 1 unspecified atom stereocenters. The van der Waals surface area contributed by atoms with Crippen LogP contribution in [-0.2, 0) is 14.8 Å². The van der Waals surface area contributed by atoms with Crippen molar-refractivity contribution in [3.63, 3.8) is 0 Å². The maximum Gasteiger partial charge on any atom is 0.240 e. The lowest BCUT2D eigenvalue weighted by atomic mass is 10.1. The summed E-state index contributed by atoms with van der Waals surface area (Å²) in [4.78, 5) is 12.3. The van der Waals surface area contributed by atoms with Crippen LogP contribution < -0.4 is 19.5 Å². The van der Waals surface area contributed by atoms with E-state index in [-0.39, 0.29) is 29.8 Å². The topological polar surface area (TPSA) is 93.7 Å². The van der Waals surface area contributed by atoms with Gasteiger partial charge in [-0.2, -0.15) is 0 Å². The van der Waals surface area contributed by atoms with Crippen LogP contribution in [0, 0.1) is 0 Å². The SMILES string of the molecule is CC(NC(=O)CCNS(=O)(=O)c1ccccc1)c1ccc2c(c1)OCCO2. The van der Waals surface area contributed by atoms with Crippen LogP contribution in [0.2, 0.25) is 0 Å². The third kappa shape index (κ3) is 4.99. The van der Waals surface area contributed by atoms with Gasteiger partial charge in [-0.15, -0.1) is 0 Å². The third-order valence-corrected chi connectivity index (χ3v) is 5.62. The minimum atomic E-state index is -3.61. The van der Waals surface area contributed by atoms with Crippen LogP contribution in [0.1, 0.15) is 24.9 Å². The molecule has 1 aliphatic rings. The Bertz CT molecular complexity index is 900. The molecule has 2 aromatic rings. The Morgan fingerprint density at radius 2 is 1.78 bits per heavy atom. The highest BCUT2D eigenvalue weighted by atomic mass is 32.2. The van der Waals surface area contributed by atoms with Gasteiger partial charge >= 0.3 is 0 Å². The number of ether oxygens (including phenoxy) is 2. The van der Waals surface area contributed by atoms with Gasteiger partial charge in [-0.1, -0.05) is 24.3 Å². The summed E-state index contributed by atoms with van der Waals surface area (Å²) in [6.07, 6.45) is 0.0426. The largest absolute Gasteiger partial charge is 0.486 e. The molecule has 0 aromatic heterocycles. The highest BCUT2D eigenvalue weighted by Crippen LogP contribution is 2.32. The van der Waals surface area contributed by atoms with E-state index in [0.29, 0.717) is 24.7 Å². The second kappa shape index (κ2) is 8.41. The normalized spacial score (nSPS) is 14.4. The first kappa shape index (κ1) is 19.2. The minimum Gasteiger partial charge on any atom is -0.486 e. The number of benzene rings is 2. The number of sulfonamides is 1. The van der Waals surface area contributed by atoms with E-state index in [9.17, 15) is 13.2 Å². The van der Waals surface area contributed by atoms with Crippen LogP contribution >= 0.6 is 0 Å². The maximum atomic E-state index is 12.1. The van der Waals surface area contributed by atoms with Crippen LogP contribution in [-0.4, -0.2) is 34.1 Å². The first-order chi connectivity index (χ1) is 13.0. The van der Waals surface area contributed by atoms with Crippen molar-refractivity contribution in [2.75, 3.05) is 19.8 Å². The average molecular weight is 390 g/mol. The lowest BCUT2D eigenvalue weighted by molar-refractivity contribution is -0.121. The van der Waals surface area contributed by atoms with Gasteiger partial charge in [0.05, 0.1) is 10.9 Å². The zero-order valence-corrected chi connectivity index (χ0v) is 15.8. The van der Waals surface area contributed by atoms with Crippen LogP contribution in [0.5, 0.6) is 11.5 Å². The van der Waals surface area contributed by atoms with Crippen LogP contribution in [0.25, 0.3) is 0 Å². The van der Waals surface area contributed by atoms with E-state index < -0.39 is 10.0 Å². The van der Waals surface area contributed by atoms with E-state index in [4.69, 9.17) is 9.47 Å². The molecule has 1 atom stereocenters. The van der Waals surface area contributed by atoms with Crippen LogP contribution in [0.15, 0.2) is 53.4 Å². The third-order valence-electron chi connectivity index (χ3n) is 4.14. The number of carbonyl (C=O) groups excluding carboxylic acids is 1. The molecule has 2 N–H and O–H groups in total. The Morgan fingerprint density at radius 3 is 2.52 bits per heavy atom. The monoisotopic (exact) mass is 390 g/mol. The predicted molar refractivity (Wildman–Crippen MR) is 100 cm³/mol. The van der Waals surface area contributed by atoms with Crippen molar-refractivity contribution < 1.29 is 22.7 Å². The number of carbonyl (C=O) groups is 1. The van der Waals surface area contributed by atoms with Gasteiger partial charge in [0.1, 0.15) is 13.2 Å². The lowest BCUT2D eigenvalue weighted by Crippen LogP contribution is -2.32. The van der Waals surface area contributed by atoms with E-state index >= 15 is 0 Å². The lowest BCUT2D eigenvalue weighted by Gasteiger charge is -2.21. The molecule has 0 radical (unpaired) electrons. The summed E-state index contributed by atoms with van der Waals surface area (Å²) in [7, 11) is -3.61. The molecule has 0 saturated heterocycles. The maximum absolute atomic E-state index is 12.1. The number of fused-ring (bicyclic) bond motifs is 1. The molecule has 2 aromatic carbocycles. The molecule has 0 bridgehead atoms. The van der Waals surface area contributed by atoms with Crippen molar-refractivity contribution in [1.82, 2.24) is 10.0 Å². The molecule has 7 nitrogen and oxygen atoms in total. The Morgan fingerprint density at radius 1 is 1.07 bits per heavy atom. The fourth-order valence-electron chi connectivity index (χ4n) is 2.71. The first-order valence-electron chi connectivity index (χ1n) is 8.69. The van der Waals surface area contributed by atoms with E-state index in [1.165, 1.54) is 12.1 Å². The number of hydrogen-bond donors (Lipinski definition) is 2. The smallest absolute Gasteiger partial charge is 0.240 e. The molecule has 1 amide bonds. The first-order valence-corrected chi connectivity index (χ1v) is 10.2. The molecule has 144 valence electrons. The second-order valence-corrected chi connectivity index (χ2v) is 7.92. The highest BCUT2D eigenvalue weighted by Gasteiger charge is 2.17. The van der Waals surface area contributed by atoms with Crippen LogP contribution in [0.3, 0.4) is 0 Å². The summed E-state index contributed by atoms with van der Waals surface area (Å²) >= 11 is 0. The number of hydrogen-bond acceptors (Lipinski definition) is 5. The minimum absolute atomic E-state index is 0.0247. The highest BCUT2D eigenvalue weighted by molar-refractivity contribution is 7.89. The average Bonchev–Trinajstić information content (AvgIpc) is 2.68. The summed E-state index contributed by atoms with van der Waals surface area (Å²) in [6.45, 7) is 2.91. The van der Waals surface area contributed by atoms with Gasteiger partial charge < -0.3 is 14.8 Å². The van der Waals surface area contributed by atoms with Gasteiger partial charge in [-0.25, -0.2) is 13.1 Å². The molecular weight excluding hydrogens is 368 g/mol. The Hall–Kier alpha value is -2.58. The zero-order valence-electron chi connectivity index (χ0n) is 15.0. The number of rotatable bonds is 7. The van der Waals surface area contributed by atoms with E-state index in [2.05, 4.69) is 10.0 Å². The number of nitrogens with one attached hydrogen (secondary N) is 2. The summed E-state index contributed by atoms with van der Waals surface area (Å²) in [5, 5.41) is 2.86.